The Hall–Kier alpha value is -1.55. The number of hydrogen-bond acceptors (Lipinski definition) is 3. The summed E-state index contributed by atoms with van der Waals surface area (Å²) in [6.45, 7) is 0. The molecule has 2 atom stereocenters. The average Bonchev–Trinajstić information content (AvgIpc) is 2.97. The summed E-state index contributed by atoms with van der Waals surface area (Å²) in [6.07, 6.45) is 0. The summed E-state index contributed by atoms with van der Waals surface area (Å²) in [7, 11) is 1.60. The van der Waals surface area contributed by atoms with E-state index in [1.807, 2.05) is 24.3 Å². The van der Waals surface area contributed by atoms with E-state index in [2.05, 4.69) is 5.32 Å². The first-order valence-corrected chi connectivity index (χ1v) is 4.35. The number of hydrogen-bond donors (Lipinski definition) is 2. The van der Waals surface area contributed by atoms with Crippen molar-refractivity contribution < 1.29 is 14.6 Å². The molecule has 4 nitrogen and oxygen atoms in total. The van der Waals surface area contributed by atoms with Crippen molar-refractivity contribution >= 4 is 5.97 Å². The van der Waals surface area contributed by atoms with Gasteiger partial charge in [-0.3, -0.25) is 10.1 Å². The molecule has 0 spiro atoms. The smallest absolute Gasteiger partial charge is 0.322 e. The Morgan fingerprint density at radius 1 is 1.43 bits per heavy atom. The van der Waals surface area contributed by atoms with Crippen molar-refractivity contribution in [2.45, 2.75) is 12.1 Å². The Morgan fingerprint density at radius 3 is 2.50 bits per heavy atom. The van der Waals surface area contributed by atoms with Crippen LogP contribution in [0.5, 0.6) is 5.75 Å². The minimum atomic E-state index is -0.800. The molecule has 4 heteroatoms. The molecule has 1 aliphatic heterocycles. The summed E-state index contributed by atoms with van der Waals surface area (Å²) in [5, 5.41) is 11.6. The van der Waals surface area contributed by atoms with Crippen LogP contribution in [0.1, 0.15) is 11.6 Å². The Morgan fingerprint density at radius 2 is 2.07 bits per heavy atom. The molecule has 0 saturated carbocycles. The van der Waals surface area contributed by atoms with Gasteiger partial charge in [0.15, 0.2) is 0 Å². The van der Waals surface area contributed by atoms with Crippen molar-refractivity contribution in [1.82, 2.24) is 5.32 Å². The molecular formula is C10H11NO3. The van der Waals surface area contributed by atoms with Crippen molar-refractivity contribution in [3.8, 4) is 5.75 Å². The van der Waals surface area contributed by atoms with Crippen molar-refractivity contribution in [3.05, 3.63) is 29.8 Å². The molecule has 0 unspecified atom stereocenters. The Balaban J connectivity index is 2.08. The molecule has 2 N–H and O–H groups in total. The molecule has 0 aromatic heterocycles. The summed E-state index contributed by atoms with van der Waals surface area (Å²) in [6, 6.07) is 6.93. The van der Waals surface area contributed by atoms with E-state index < -0.39 is 12.0 Å². The zero-order chi connectivity index (χ0) is 10.1. The zero-order valence-electron chi connectivity index (χ0n) is 7.73. The van der Waals surface area contributed by atoms with Crippen molar-refractivity contribution in [1.29, 1.82) is 0 Å². The van der Waals surface area contributed by atoms with Crippen LogP contribution in [-0.2, 0) is 4.79 Å². The highest BCUT2D eigenvalue weighted by atomic mass is 16.5. The third kappa shape index (κ3) is 1.56. The zero-order valence-corrected chi connectivity index (χ0v) is 7.73. The van der Waals surface area contributed by atoms with E-state index in [0.29, 0.717) is 0 Å². The molecule has 1 aromatic carbocycles. The van der Waals surface area contributed by atoms with Gasteiger partial charge in [0.05, 0.1) is 13.2 Å². The van der Waals surface area contributed by atoms with Gasteiger partial charge in [-0.05, 0) is 17.7 Å². The highest BCUT2D eigenvalue weighted by Gasteiger charge is 2.43. The molecule has 1 aliphatic rings. The lowest BCUT2D eigenvalue weighted by atomic mass is 10.1. The number of ether oxygens (including phenoxy) is 1. The maximum atomic E-state index is 10.6. The van der Waals surface area contributed by atoms with E-state index in [4.69, 9.17) is 9.84 Å². The molecule has 0 radical (unpaired) electrons. The van der Waals surface area contributed by atoms with Gasteiger partial charge >= 0.3 is 5.97 Å². The molecule has 1 saturated heterocycles. The fraction of sp³-hybridized carbons (Fsp3) is 0.300. The van der Waals surface area contributed by atoms with Crippen molar-refractivity contribution in [2.24, 2.45) is 0 Å². The maximum absolute atomic E-state index is 10.6. The first-order valence-electron chi connectivity index (χ1n) is 4.35. The predicted molar refractivity (Wildman–Crippen MR) is 50.3 cm³/mol. The summed E-state index contributed by atoms with van der Waals surface area (Å²) in [5.41, 5.74) is 0.984. The molecule has 0 bridgehead atoms. The van der Waals surface area contributed by atoms with Gasteiger partial charge in [-0.25, -0.2) is 0 Å². The molecule has 2 rings (SSSR count). The number of nitrogens with one attached hydrogen (secondary N) is 1. The fourth-order valence-electron chi connectivity index (χ4n) is 1.45. The van der Waals surface area contributed by atoms with Gasteiger partial charge in [-0.2, -0.15) is 0 Å². The molecule has 1 fully saturated rings. The SMILES string of the molecule is COc1ccc([C@@H]2N[C@@H]2C(=O)O)cc1. The topological polar surface area (TPSA) is 68.5 Å². The number of carboxylic acid groups (broad SMARTS) is 1. The van der Waals surface area contributed by atoms with Crippen LogP contribution in [0.15, 0.2) is 24.3 Å². The van der Waals surface area contributed by atoms with Crippen LogP contribution in [0.2, 0.25) is 0 Å². The highest BCUT2D eigenvalue weighted by molar-refractivity contribution is 5.78. The third-order valence-electron chi connectivity index (χ3n) is 2.32. The number of carboxylic acids is 1. The van der Waals surface area contributed by atoms with E-state index in [1.165, 1.54) is 0 Å². The van der Waals surface area contributed by atoms with Gasteiger partial charge in [0, 0.05) is 0 Å². The van der Waals surface area contributed by atoms with E-state index in [0.717, 1.165) is 11.3 Å². The van der Waals surface area contributed by atoms with Crippen LogP contribution < -0.4 is 10.1 Å². The molecule has 14 heavy (non-hydrogen) atoms. The Kier molecular flexibility index (Phi) is 2.13. The van der Waals surface area contributed by atoms with Crippen LogP contribution >= 0.6 is 0 Å². The molecule has 74 valence electrons. The molecule has 0 amide bonds. The van der Waals surface area contributed by atoms with Crippen LogP contribution in [-0.4, -0.2) is 24.2 Å². The maximum Gasteiger partial charge on any atom is 0.322 e. The number of benzene rings is 1. The van der Waals surface area contributed by atoms with Crippen molar-refractivity contribution in [2.75, 3.05) is 7.11 Å². The average molecular weight is 193 g/mol. The van der Waals surface area contributed by atoms with Crippen LogP contribution in [0.25, 0.3) is 0 Å². The minimum absolute atomic E-state index is 0.0431. The van der Waals surface area contributed by atoms with E-state index in [1.54, 1.807) is 7.11 Å². The van der Waals surface area contributed by atoms with Gasteiger partial charge in [-0.15, -0.1) is 0 Å². The monoisotopic (exact) mass is 193 g/mol. The molecule has 1 heterocycles. The van der Waals surface area contributed by atoms with Gasteiger partial charge in [0.25, 0.3) is 0 Å². The van der Waals surface area contributed by atoms with E-state index in [-0.39, 0.29) is 6.04 Å². The largest absolute Gasteiger partial charge is 0.497 e. The number of aliphatic carboxylic acids is 1. The van der Waals surface area contributed by atoms with Gasteiger partial charge in [0.1, 0.15) is 11.8 Å². The van der Waals surface area contributed by atoms with Crippen LogP contribution in [0.3, 0.4) is 0 Å². The minimum Gasteiger partial charge on any atom is -0.497 e. The summed E-state index contributed by atoms with van der Waals surface area (Å²) in [4.78, 5) is 10.6. The Bertz CT molecular complexity index is 347. The van der Waals surface area contributed by atoms with Gasteiger partial charge in [0.2, 0.25) is 0 Å². The third-order valence-corrected chi connectivity index (χ3v) is 2.32. The quantitative estimate of drug-likeness (QED) is 0.696. The second kappa shape index (κ2) is 3.31. The van der Waals surface area contributed by atoms with Crippen LogP contribution in [0.4, 0.5) is 0 Å². The first kappa shape index (κ1) is 9.02. The summed E-state index contributed by atoms with van der Waals surface area (Å²) >= 11 is 0. The second-order valence-corrected chi connectivity index (χ2v) is 3.23. The molecule has 1 aromatic rings. The lowest BCUT2D eigenvalue weighted by Gasteiger charge is -2.00. The fourth-order valence-corrected chi connectivity index (χ4v) is 1.45. The number of carbonyl (C=O) groups is 1. The number of methoxy groups -OCH3 is 1. The highest BCUT2D eigenvalue weighted by Crippen LogP contribution is 2.30. The van der Waals surface area contributed by atoms with E-state index >= 15 is 0 Å². The standard InChI is InChI=1S/C10H11NO3/c1-14-7-4-2-6(3-5-7)8-9(11-8)10(12)13/h2-5,8-9,11H,1H3,(H,12,13)/t8-,9-/m0/s1. The molecular weight excluding hydrogens is 182 g/mol. The Labute approximate surface area is 81.5 Å². The van der Waals surface area contributed by atoms with Gasteiger partial charge < -0.3 is 9.84 Å². The van der Waals surface area contributed by atoms with E-state index in [9.17, 15) is 4.79 Å². The summed E-state index contributed by atoms with van der Waals surface area (Å²) in [5.74, 6) is -0.0212. The predicted octanol–water partition coefficient (Wildman–Crippen LogP) is 0.793. The van der Waals surface area contributed by atoms with Crippen LogP contribution in [0, 0.1) is 0 Å². The lowest BCUT2D eigenvalue weighted by molar-refractivity contribution is -0.136. The normalized spacial score (nSPS) is 24.4. The first-order chi connectivity index (χ1) is 6.72. The van der Waals surface area contributed by atoms with Crippen molar-refractivity contribution in [3.63, 3.8) is 0 Å². The number of rotatable bonds is 3. The second-order valence-electron chi connectivity index (χ2n) is 3.23. The molecule has 0 aliphatic carbocycles. The lowest BCUT2D eigenvalue weighted by Crippen LogP contribution is -2.07. The summed E-state index contributed by atoms with van der Waals surface area (Å²) < 4.78 is 5.01. The van der Waals surface area contributed by atoms with Gasteiger partial charge in [-0.1, -0.05) is 12.1 Å².